The van der Waals surface area contributed by atoms with Crippen LogP contribution < -0.4 is 9.04 Å². The van der Waals surface area contributed by atoms with Crippen LogP contribution in [0.15, 0.2) is 65.6 Å². The molecule has 0 aliphatic rings. The van der Waals surface area contributed by atoms with E-state index >= 15 is 0 Å². The van der Waals surface area contributed by atoms with E-state index in [9.17, 15) is 18.5 Å². The van der Waals surface area contributed by atoms with Gasteiger partial charge in [-0.1, -0.05) is 6.07 Å². The number of sulfonamides is 1. The monoisotopic (exact) mass is 437 g/mol. The van der Waals surface area contributed by atoms with Crippen molar-refractivity contribution in [2.45, 2.75) is 18.7 Å². The smallest absolute Gasteiger partial charge is 0.312 e. The Morgan fingerprint density at radius 2 is 1.68 bits per heavy atom. The van der Waals surface area contributed by atoms with Crippen LogP contribution in [-0.4, -0.2) is 20.4 Å². The lowest BCUT2D eigenvalue weighted by Crippen LogP contribution is -2.26. The third-order valence-electron chi connectivity index (χ3n) is 4.85. The molecule has 0 unspecified atom stereocenters. The number of nitrogens with zero attached hydrogens (tertiary/aromatic N) is 3. The molecular formula is C22H19N3O5S. The van der Waals surface area contributed by atoms with Crippen LogP contribution in [-0.2, 0) is 10.0 Å². The average Bonchev–Trinajstić information content (AvgIpc) is 2.75. The molecule has 3 aromatic carbocycles. The quantitative estimate of drug-likeness (QED) is 0.408. The van der Waals surface area contributed by atoms with Crippen LogP contribution in [0.3, 0.4) is 0 Å². The molecule has 158 valence electrons. The van der Waals surface area contributed by atoms with Gasteiger partial charge in [-0.25, -0.2) is 8.42 Å². The third-order valence-corrected chi connectivity index (χ3v) is 6.63. The molecule has 0 saturated carbocycles. The fraction of sp³-hybridized carbons (Fsp3) is 0.136. The fourth-order valence-corrected chi connectivity index (χ4v) is 4.12. The van der Waals surface area contributed by atoms with Gasteiger partial charge < -0.3 is 4.74 Å². The second-order valence-corrected chi connectivity index (χ2v) is 8.84. The average molecular weight is 437 g/mol. The third kappa shape index (κ3) is 4.49. The van der Waals surface area contributed by atoms with E-state index in [1.807, 2.05) is 19.9 Å². The van der Waals surface area contributed by atoms with Crippen LogP contribution >= 0.6 is 0 Å². The lowest BCUT2D eigenvalue weighted by molar-refractivity contribution is -0.385. The Hall–Kier alpha value is -3.90. The van der Waals surface area contributed by atoms with Gasteiger partial charge in [0.05, 0.1) is 27.1 Å². The van der Waals surface area contributed by atoms with Gasteiger partial charge in [-0.3, -0.25) is 14.4 Å². The molecule has 0 N–H and O–H groups in total. The van der Waals surface area contributed by atoms with Crippen LogP contribution in [0.1, 0.15) is 16.7 Å². The number of aryl methyl sites for hydroxylation is 2. The number of hydrogen-bond acceptors (Lipinski definition) is 6. The molecule has 0 atom stereocenters. The zero-order valence-electron chi connectivity index (χ0n) is 17.1. The molecule has 3 rings (SSSR count). The summed E-state index contributed by atoms with van der Waals surface area (Å²) in [5.41, 5.74) is 2.09. The highest BCUT2D eigenvalue weighted by molar-refractivity contribution is 7.92. The second kappa shape index (κ2) is 8.45. The highest BCUT2D eigenvalue weighted by Gasteiger charge is 2.22. The van der Waals surface area contributed by atoms with Crippen LogP contribution in [0.2, 0.25) is 0 Å². The highest BCUT2D eigenvalue weighted by Crippen LogP contribution is 2.33. The molecule has 0 heterocycles. The lowest BCUT2D eigenvalue weighted by atomic mass is 10.1. The maximum Gasteiger partial charge on any atom is 0.312 e. The normalized spacial score (nSPS) is 10.9. The summed E-state index contributed by atoms with van der Waals surface area (Å²) in [6.07, 6.45) is 0. The minimum absolute atomic E-state index is 0.0205. The summed E-state index contributed by atoms with van der Waals surface area (Å²) < 4.78 is 32.6. The van der Waals surface area contributed by atoms with Crippen molar-refractivity contribution in [1.82, 2.24) is 0 Å². The fourth-order valence-electron chi connectivity index (χ4n) is 2.84. The molecule has 9 heteroatoms. The summed E-state index contributed by atoms with van der Waals surface area (Å²) in [4.78, 5) is 10.8. The van der Waals surface area contributed by atoms with Gasteiger partial charge in [0.2, 0.25) is 5.75 Å². The van der Waals surface area contributed by atoms with Crippen LogP contribution in [0.25, 0.3) is 0 Å². The topological polar surface area (TPSA) is 114 Å². The number of benzene rings is 3. The molecule has 0 saturated heterocycles. The first-order valence-corrected chi connectivity index (χ1v) is 10.6. The SMILES string of the molecule is Cc1ccc(S(=O)(=O)N(C)c2ccc(Oc3ccc(C#N)cc3[N+](=O)[O-])cc2)cc1C. The Bertz CT molecular complexity index is 1300. The minimum Gasteiger partial charge on any atom is -0.450 e. The van der Waals surface area contributed by atoms with E-state index in [-0.39, 0.29) is 27.6 Å². The van der Waals surface area contributed by atoms with Gasteiger partial charge in [-0.15, -0.1) is 0 Å². The Morgan fingerprint density at radius 3 is 2.26 bits per heavy atom. The van der Waals surface area contributed by atoms with Crippen LogP contribution in [0, 0.1) is 35.3 Å². The number of nitriles is 1. The van der Waals surface area contributed by atoms with E-state index in [4.69, 9.17) is 10.00 Å². The van der Waals surface area contributed by atoms with Crippen molar-refractivity contribution < 1.29 is 18.1 Å². The van der Waals surface area contributed by atoms with Gasteiger partial charge in [0, 0.05) is 13.1 Å². The molecule has 8 nitrogen and oxygen atoms in total. The Balaban J connectivity index is 1.86. The predicted molar refractivity (Wildman–Crippen MR) is 116 cm³/mol. The summed E-state index contributed by atoms with van der Waals surface area (Å²) >= 11 is 0. The van der Waals surface area contributed by atoms with Crippen molar-refractivity contribution >= 4 is 21.4 Å². The van der Waals surface area contributed by atoms with Gasteiger partial charge in [-0.2, -0.15) is 5.26 Å². The van der Waals surface area contributed by atoms with E-state index < -0.39 is 14.9 Å². The second-order valence-electron chi connectivity index (χ2n) is 6.87. The summed E-state index contributed by atoms with van der Waals surface area (Å²) in [6.45, 7) is 3.76. The Kier molecular flexibility index (Phi) is 5.95. The first-order chi connectivity index (χ1) is 14.6. The number of nitro groups is 1. The maximum absolute atomic E-state index is 12.9. The van der Waals surface area contributed by atoms with Gasteiger partial charge in [0.25, 0.3) is 10.0 Å². The van der Waals surface area contributed by atoms with Crippen molar-refractivity contribution in [3.8, 4) is 17.6 Å². The number of hydrogen-bond donors (Lipinski definition) is 0. The standard InChI is InChI=1S/C22H19N3O5S/c1-15-4-10-20(12-16(15)2)31(28,29)24(3)18-6-8-19(9-7-18)30-22-11-5-17(14-23)13-21(22)25(26)27/h4-13H,1-3H3. The van der Waals surface area contributed by atoms with E-state index in [0.717, 1.165) is 21.5 Å². The molecular weight excluding hydrogens is 418 g/mol. The summed E-state index contributed by atoms with van der Waals surface area (Å²) in [5.74, 6) is 0.265. The molecule has 0 aliphatic heterocycles. The molecule has 0 radical (unpaired) electrons. The van der Waals surface area contributed by atoms with E-state index in [0.29, 0.717) is 5.69 Å². The maximum atomic E-state index is 12.9. The molecule has 31 heavy (non-hydrogen) atoms. The predicted octanol–water partition coefficient (Wildman–Crippen LogP) is 4.70. The highest BCUT2D eigenvalue weighted by atomic mass is 32.2. The van der Waals surface area contributed by atoms with Crippen molar-refractivity contribution in [2.75, 3.05) is 11.4 Å². The summed E-state index contributed by atoms with van der Waals surface area (Å²) in [6, 6.07) is 16.8. The molecule has 3 aromatic rings. The number of nitro benzene ring substituents is 1. The molecule has 0 spiro atoms. The van der Waals surface area contributed by atoms with Gasteiger partial charge in [0.15, 0.2) is 0 Å². The van der Waals surface area contributed by atoms with Gasteiger partial charge >= 0.3 is 5.69 Å². The van der Waals surface area contributed by atoms with Gasteiger partial charge in [-0.05, 0) is 73.5 Å². The molecule has 0 fully saturated rings. The lowest BCUT2D eigenvalue weighted by Gasteiger charge is -2.20. The zero-order chi connectivity index (χ0) is 22.8. The number of ether oxygens (including phenoxy) is 1. The molecule has 0 bridgehead atoms. The first kappa shape index (κ1) is 21.8. The van der Waals surface area contributed by atoms with Crippen LogP contribution in [0.5, 0.6) is 11.5 Å². The first-order valence-electron chi connectivity index (χ1n) is 9.16. The molecule has 0 aliphatic carbocycles. The van der Waals surface area contributed by atoms with Crippen LogP contribution in [0.4, 0.5) is 11.4 Å². The van der Waals surface area contributed by atoms with Crippen molar-refractivity contribution in [1.29, 1.82) is 5.26 Å². The Labute approximate surface area is 180 Å². The molecule has 0 amide bonds. The van der Waals surface area contributed by atoms with E-state index in [1.165, 1.54) is 31.3 Å². The minimum atomic E-state index is -3.76. The van der Waals surface area contributed by atoms with E-state index in [2.05, 4.69) is 0 Å². The summed E-state index contributed by atoms with van der Waals surface area (Å²) in [5, 5.41) is 20.2. The number of anilines is 1. The zero-order valence-corrected chi connectivity index (χ0v) is 17.9. The van der Waals surface area contributed by atoms with Crippen molar-refractivity contribution in [3.63, 3.8) is 0 Å². The van der Waals surface area contributed by atoms with Gasteiger partial charge in [0.1, 0.15) is 5.75 Å². The number of rotatable bonds is 6. The summed E-state index contributed by atoms with van der Waals surface area (Å²) in [7, 11) is -2.31. The van der Waals surface area contributed by atoms with E-state index in [1.54, 1.807) is 30.3 Å². The molecule has 0 aromatic heterocycles. The largest absolute Gasteiger partial charge is 0.450 e. The van der Waals surface area contributed by atoms with Crippen molar-refractivity contribution in [3.05, 3.63) is 87.5 Å². The van der Waals surface area contributed by atoms with Crippen molar-refractivity contribution in [2.24, 2.45) is 0 Å². The Morgan fingerprint density at radius 1 is 1.00 bits per heavy atom.